The zero-order chi connectivity index (χ0) is 19.8. The van der Waals surface area contributed by atoms with Crippen molar-refractivity contribution in [1.29, 1.82) is 0 Å². The molecule has 6 nitrogen and oxygen atoms in total. The maximum atomic E-state index is 12.4. The maximum absolute atomic E-state index is 12.4. The molecule has 0 spiro atoms. The minimum Gasteiger partial charge on any atom is -0.492 e. The lowest BCUT2D eigenvalue weighted by molar-refractivity contribution is -0.130. The van der Waals surface area contributed by atoms with Crippen LogP contribution < -0.4 is 4.74 Å². The standard InChI is InChI=1S/C23H24N2O4/c26-16-4-6-19(20(27)14-16)23-22-18-7-5-17(28-12-11-25-9-1-2-10-25)13-15(18)3-8-21(22)29-24-23/h3,5,7-8,13,19H,1-2,4,6,9-12,14H2/t19-/m1/s1. The number of aromatic nitrogens is 1. The van der Waals surface area contributed by atoms with Gasteiger partial charge in [0.15, 0.2) is 5.58 Å². The quantitative estimate of drug-likeness (QED) is 0.614. The summed E-state index contributed by atoms with van der Waals surface area (Å²) in [6, 6.07) is 9.89. The average molecular weight is 392 g/mol. The summed E-state index contributed by atoms with van der Waals surface area (Å²) < 4.78 is 11.5. The van der Waals surface area contributed by atoms with E-state index in [9.17, 15) is 9.59 Å². The second kappa shape index (κ2) is 7.59. The number of fused-ring (bicyclic) bond motifs is 3. The summed E-state index contributed by atoms with van der Waals surface area (Å²) in [7, 11) is 0. The molecule has 2 aliphatic rings. The van der Waals surface area contributed by atoms with Crippen LogP contribution in [0.4, 0.5) is 0 Å². The fourth-order valence-electron chi connectivity index (χ4n) is 4.56. The lowest BCUT2D eigenvalue weighted by Gasteiger charge is -2.18. The first-order valence-electron chi connectivity index (χ1n) is 10.4. The predicted molar refractivity (Wildman–Crippen MR) is 109 cm³/mol. The average Bonchev–Trinajstić information content (AvgIpc) is 3.38. The van der Waals surface area contributed by atoms with E-state index in [1.54, 1.807) is 0 Å². The molecule has 1 aliphatic heterocycles. The molecule has 5 rings (SSSR count). The first-order chi connectivity index (χ1) is 14.2. The Labute approximate surface area is 168 Å². The maximum Gasteiger partial charge on any atom is 0.167 e. The molecule has 2 aromatic carbocycles. The van der Waals surface area contributed by atoms with Crippen LogP contribution in [0.5, 0.6) is 5.75 Å². The van der Waals surface area contributed by atoms with Gasteiger partial charge in [0.25, 0.3) is 0 Å². The van der Waals surface area contributed by atoms with Gasteiger partial charge in [-0.25, -0.2) is 0 Å². The fourth-order valence-corrected chi connectivity index (χ4v) is 4.56. The van der Waals surface area contributed by atoms with E-state index in [2.05, 4.69) is 10.1 Å². The van der Waals surface area contributed by atoms with Crippen LogP contribution in [0.3, 0.4) is 0 Å². The Balaban J connectivity index is 1.42. The highest BCUT2D eigenvalue weighted by molar-refractivity contribution is 6.11. The Bertz CT molecular complexity index is 1080. The zero-order valence-electron chi connectivity index (χ0n) is 16.4. The highest BCUT2D eigenvalue weighted by Gasteiger charge is 2.32. The summed E-state index contributed by atoms with van der Waals surface area (Å²) in [4.78, 5) is 26.5. The van der Waals surface area contributed by atoms with Gasteiger partial charge in [0.1, 0.15) is 29.6 Å². The number of Topliss-reactive ketones (excluding diaryl/α,β-unsaturated/α-hetero) is 2. The van der Waals surface area contributed by atoms with Crippen molar-refractivity contribution in [3.05, 3.63) is 36.0 Å². The third-order valence-corrected chi connectivity index (χ3v) is 6.13. The second-order valence-corrected chi connectivity index (χ2v) is 8.06. The molecule has 0 radical (unpaired) electrons. The molecule has 0 bridgehead atoms. The monoisotopic (exact) mass is 392 g/mol. The molecule has 6 heteroatoms. The Morgan fingerprint density at radius 3 is 2.83 bits per heavy atom. The van der Waals surface area contributed by atoms with Gasteiger partial charge in [0, 0.05) is 13.0 Å². The third-order valence-electron chi connectivity index (χ3n) is 6.13. The number of carbonyl (C=O) groups is 2. The van der Waals surface area contributed by atoms with Crippen molar-refractivity contribution in [3.8, 4) is 5.75 Å². The van der Waals surface area contributed by atoms with E-state index in [0.717, 1.165) is 28.5 Å². The van der Waals surface area contributed by atoms with Crippen molar-refractivity contribution in [2.75, 3.05) is 26.2 Å². The molecule has 150 valence electrons. The molecule has 0 amide bonds. The van der Waals surface area contributed by atoms with Crippen LogP contribution >= 0.6 is 0 Å². The van der Waals surface area contributed by atoms with Crippen molar-refractivity contribution in [2.24, 2.45) is 0 Å². The number of ether oxygens (including phenoxy) is 1. The van der Waals surface area contributed by atoms with Crippen LogP contribution in [0.1, 0.15) is 43.7 Å². The van der Waals surface area contributed by atoms with E-state index in [4.69, 9.17) is 9.26 Å². The predicted octanol–water partition coefficient (Wildman–Crippen LogP) is 3.86. The Kier molecular flexibility index (Phi) is 4.79. The summed E-state index contributed by atoms with van der Waals surface area (Å²) in [5.74, 6) is 0.430. The van der Waals surface area contributed by atoms with Crippen molar-refractivity contribution < 1.29 is 18.8 Å². The van der Waals surface area contributed by atoms with Crippen LogP contribution in [-0.4, -0.2) is 47.9 Å². The molecular weight excluding hydrogens is 368 g/mol. The molecular formula is C23H24N2O4. The number of hydrogen-bond donors (Lipinski definition) is 0. The number of hydrogen-bond acceptors (Lipinski definition) is 6. The highest BCUT2D eigenvalue weighted by Crippen LogP contribution is 2.37. The smallest absolute Gasteiger partial charge is 0.167 e. The minimum atomic E-state index is -0.365. The summed E-state index contributed by atoms with van der Waals surface area (Å²) in [5.41, 5.74) is 1.32. The van der Waals surface area contributed by atoms with Crippen molar-refractivity contribution in [3.63, 3.8) is 0 Å². The Morgan fingerprint density at radius 1 is 1.14 bits per heavy atom. The lowest BCUT2D eigenvalue weighted by Crippen LogP contribution is -2.25. The van der Waals surface area contributed by atoms with Gasteiger partial charge in [0.2, 0.25) is 0 Å². The topological polar surface area (TPSA) is 72.6 Å². The number of benzene rings is 2. The van der Waals surface area contributed by atoms with Gasteiger partial charge in [-0.05, 0) is 67.4 Å². The summed E-state index contributed by atoms with van der Waals surface area (Å²) in [6.07, 6.45) is 3.49. The normalized spacial score (nSPS) is 20.8. The van der Waals surface area contributed by atoms with Crippen molar-refractivity contribution >= 4 is 33.3 Å². The largest absolute Gasteiger partial charge is 0.492 e. The molecule has 1 saturated heterocycles. The van der Waals surface area contributed by atoms with E-state index in [0.29, 0.717) is 30.7 Å². The number of carbonyl (C=O) groups excluding carboxylic acids is 2. The van der Waals surface area contributed by atoms with Crippen LogP contribution in [-0.2, 0) is 9.59 Å². The van der Waals surface area contributed by atoms with Crippen LogP contribution in [0.15, 0.2) is 34.9 Å². The molecule has 2 fully saturated rings. The molecule has 2 heterocycles. The second-order valence-electron chi connectivity index (χ2n) is 8.06. The van der Waals surface area contributed by atoms with Gasteiger partial charge in [-0.15, -0.1) is 0 Å². The van der Waals surface area contributed by atoms with Crippen LogP contribution in [0.25, 0.3) is 21.7 Å². The van der Waals surface area contributed by atoms with Gasteiger partial charge in [-0.1, -0.05) is 11.2 Å². The van der Waals surface area contributed by atoms with Gasteiger partial charge in [0.05, 0.1) is 17.7 Å². The molecule has 0 unspecified atom stereocenters. The van der Waals surface area contributed by atoms with E-state index in [-0.39, 0.29) is 23.9 Å². The number of likely N-dealkylation sites (tertiary alicyclic amines) is 1. The molecule has 1 aliphatic carbocycles. The Morgan fingerprint density at radius 2 is 2.00 bits per heavy atom. The lowest BCUT2D eigenvalue weighted by atomic mass is 9.83. The minimum absolute atomic E-state index is 0.00120. The molecule has 1 aromatic heterocycles. The summed E-state index contributed by atoms with van der Waals surface area (Å²) in [5, 5.41) is 7.11. The van der Waals surface area contributed by atoms with E-state index in [1.807, 2.05) is 30.3 Å². The van der Waals surface area contributed by atoms with Crippen LogP contribution in [0, 0.1) is 0 Å². The number of nitrogens with zero attached hydrogens (tertiary/aromatic N) is 2. The summed E-state index contributed by atoms with van der Waals surface area (Å²) >= 11 is 0. The molecule has 1 atom stereocenters. The SMILES string of the molecule is O=C1CC[C@@H](c2noc3ccc4cc(OCCN5CCCC5)ccc4c23)C(=O)C1. The highest BCUT2D eigenvalue weighted by atomic mass is 16.5. The first-order valence-corrected chi connectivity index (χ1v) is 10.4. The van der Waals surface area contributed by atoms with Gasteiger partial charge in [-0.3, -0.25) is 14.5 Å². The van der Waals surface area contributed by atoms with E-state index < -0.39 is 0 Å². The van der Waals surface area contributed by atoms with Gasteiger partial charge < -0.3 is 9.26 Å². The summed E-state index contributed by atoms with van der Waals surface area (Å²) in [6.45, 7) is 3.97. The zero-order valence-corrected chi connectivity index (χ0v) is 16.4. The number of ketones is 2. The molecule has 29 heavy (non-hydrogen) atoms. The van der Waals surface area contributed by atoms with Crippen molar-refractivity contribution in [1.82, 2.24) is 10.1 Å². The van der Waals surface area contributed by atoms with Gasteiger partial charge >= 0.3 is 0 Å². The number of rotatable bonds is 5. The molecule has 3 aromatic rings. The fraction of sp³-hybridized carbons (Fsp3) is 0.435. The van der Waals surface area contributed by atoms with Crippen LogP contribution in [0.2, 0.25) is 0 Å². The Hall–Kier alpha value is -2.73. The third kappa shape index (κ3) is 3.53. The van der Waals surface area contributed by atoms with E-state index in [1.165, 1.54) is 25.9 Å². The molecule has 1 saturated carbocycles. The van der Waals surface area contributed by atoms with Gasteiger partial charge in [-0.2, -0.15) is 0 Å². The molecule has 0 N–H and O–H groups in total. The first kappa shape index (κ1) is 18.3. The van der Waals surface area contributed by atoms with Crippen molar-refractivity contribution in [2.45, 2.75) is 38.0 Å². The van der Waals surface area contributed by atoms with E-state index >= 15 is 0 Å².